The molecule has 0 spiro atoms. The van der Waals surface area contributed by atoms with Crippen molar-refractivity contribution in [2.45, 2.75) is 58.3 Å². The number of hydrogen-bond donors (Lipinski definition) is 0. The lowest BCUT2D eigenvalue weighted by Gasteiger charge is -2.31. The SMILES string of the molecule is CCC(C)c1ccc(-c2ccc3c(c2)c2cc(-c4ccc(-c5ccc(N(C6=CC=C(c7ccccc7)CC6)c6ccc7c(c6)C(C)(C)c6ccccc6-7)cc5)cc4)ccc2n3-c2ccccc2)cc1. The zero-order chi connectivity index (χ0) is 46.6. The zero-order valence-electron chi connectivity index (χ0n) is 40.0. The zero-order valence-corrected chi connectivity index (χ0v) is 40.0. The molecule has 0 fully saturated rings. The van der Waals surface area contributed by atoms with Crippen LogP contribution in [0, 0.1) is 0 Å². The van der Waals surface area contributed by atoms with E-state index < -0.39 is 0 Å². The average molecular weight is 889 g/mol. The molecule has 0 radical (unpaired) electrons. The molecule has 2 heteroatoms. The molecule has 334 valence electrons. The van der Waals surface area contributed by atoms with Crippen LogP contribution in [-0.4, -0.2) is 4.57 Å². The lowest BCUT2D eigenvalue weighted by molar-refractivity contribution is 0.660. The lowest BCUT2D eigenvalue weighted by Crippen LogP contribution is -2.20. The maximum absolute atomic E-state index is 2.49. The first-order valence-corrected chi connectivity index (χ1v) is 24.8. The Kier molecular flexibility index (Phi) is 10.6. The van der Waals surface area contributed by atoms with Crippen LogP contribution in [0.4, 0.5) is 11.4 Å². The van der Waals surface area contributed by atoms with Crippen LogP contribution in [0.3, 0.4) is 0 Å². The molecule has 2 aliphatic rings. The van der Waals surface area contributed by atoms with E-state index in [1.807, 2.05) is 0 Å². The predicted molar refractivity (Wildman–Crippen MR) is 294 cm³/mol. The van der Waals surface area contributed by atoms with E-state index in [1.165, 1.54) is 117 Å². The summed E-state index contributed by atoms with van der Waals surface area (Å²) in [6, 6.07) is 79.0. The third kappa shape index (κ3) is 7.52. The molecule has 0 N–H and O–H groups in total. The number of aromatic nitrogens is 1. The number of fused-ring (bicyclic) bond motifs is 6. The number of rotatable bonds is 10. The predicted octanol–water partition coefficient (Wildman–Crippen LogP) is 18.5. The monoisotopic (exact) mass is 888 g/mol. The largest absolute Gasteiger partial charge is 0.314 e. The fourth-order valence-corrected chi connectivity index (χ4v) is 11.2. The van der Waals surface area contributed by atoms with Crippen LogP contribution < -0.4 is 4.90 Å². The van der Waals surface area contributed by atoms with Crippen molar-refractivity contribution >= 4 is 38.8 Å². The topological polar surface area (TPSA) is 8.17 Å². The van der Waals surface area contributed by atoms with Crippen molar-refractivity contribution in [3.63, 3.8) is 0 Å². The minimum Gasteiger partial charge on any atom is -0.314 e. The number of benzene rings is 9. The fraction of sp³-hybridized carbons (Fsp3) is 0.134. The highest BCUT2D eigenvalue weighted by Crippen LogP contribution is 2.51. The van der Waals surface area contributed by atoms with Crippen molar-refractivity contribution in [3.8, 4) is 50.2 Å². The van der Waals surface area contributed by atoms with Gasteiger partial charge < -0.3 is 9.47 Å². The first-order chi connectivity index (χ1) is 33.8. The minimum absolute atomic E-state index is 0.0819. The summed E-state index contributed by atoms with van der Waals surface area (Å²) >= 11 is 0. The van der Waals surface area contributed by atoms with Crippen LogP contribution >= 0.6 is 0 Å². The summed E-state index contributed by atoms with van der Waals surface area (Å²) in [5.74, 6) is 0.556. The number of nitrogens with zero attached hydrogens (tertiary/aromatic N) is 2. The molecular formula is C67H56N2. The molecular weight excluding hydrogens is 833 g/mol. The third-order valence-electron chi connectivity index (χ3n) is 15.3. The summed E-state index contributed by atoms with van der Waals surface area (Å²) in [7, 11) is 0. The molecule has 1 atom stereocenters. The van der Waals surface area contributed by atoms with Gasteiger partial charge in [0.1, 0.15) is 0 Å². The smallest absolute Gasteiger partial charge is 0.0541 e. The third-order valence-corrected chi connectivity index (χ3v) is 15.3. The summed E-state index contributed by atoms with van der Waals surface area (Å²) in [5.41, 5.74) is 24.0. The van der Waals surface area contributed by atoms with Gasteiger partial charge in [0.25, 0.3) is 0 Å². The summed E-state index contributed by atoms with van der Waals surface area (Å²) < 4.78 is 2.41. The van der Waals surface area contributed by atoms with Gasteiger partial charge in [-0.2, -0.15) is 0 Å². The number of anilines is 2. The van der Waals surface area contributed by atoms with Crippen LogP contribution in [0.5, 0.6) is 0 Å². The molecule has 0 aliphatic heterocycles. The molecule has 2 nitrogen and oxygen atoms in total. The molecule has 0 saturated carbocycles. The van der Waals surface area contributed by atoms with E-state index in [0.717, 1.165) is 19.3 Å². The second kappa shape index (κ2) is 17.3. The van der Waals surface area contributed by atoms with E-state index in [4.69, 9.17) is 0 Å². The van der Waals surface area contributed by atoms with Gasteiger partial charge in [0.2, 0.25) is 0 Å². The highest BCUT2D eigenvalue weighted by molar-refractivity contribution is 6.11. The summed E-state index contributed by atoms with van der Waals surface area (Å²) in [5, 5.41) is 2.51. The fourth-order valence-electron chi connectivity index (χ4n) is 11.2. The van der Waals surface area contributed by atoms with Crippen molar-refractivity contribution in [1.29, 1.82) is 0 Å². The molecule has 10 aromatic rings. The van der Waals surface area contributed by atoms with E-state index in [1.54, 1.807) is 0 Å². The van der Waals surface area contributed by atoms with Gasteiger partial charge in [-0.15, -0.1) is 0 Å². The van der Waals surface area contributed by atoms with Gasteiger partial charge in [0.05, 0.1) is 11.0 Å². The van der Waals surface area contributed by atoms with Gasteiger partial charge in [-0.3, -0.25) is 0 Å². The Morgan fingerprint density at radius 3 is 1.59 bits per heavy atom. The highest BCUT2D eigenvalue weighted by atomic mass is 15.1. The molecule has 12 rings (SSSR count). The van der Waals surface area contributed by atoms with Crippen LogP contribution in [-0.2, 0) is 5.41 Å². The van der Waals surface area contributed by atoms with Crippen molar-refractivity contribution < 1.29 is 0 Å². The van der Waals surface area contributed by atoms with Crippen molar-refractivity contribution in [2.24, 2.45) is 0 Å². The maximum Gasteiger partial charge on any atom is 0.0541 e. The Bertz CT molecular complexity index is 3590. The van der Waals surface area contributed by atoms with Crippen LogP contribution in [0.25, 0.3) is 77.6 Å². The van der Waals surface area contributed by atoms with E-state index in [2.05, 4.69) is 262 Å². The van der Waals surface area contributed by atoms with E-state index in [-0.39, 0.29) is 5.41 Å². The Hall–Kier alpha value is -7.94. The molecule has 69 heavy (non-hydrogen) atoms. The Balaban J connectivity index is 0.877. The number of allylic oxidation sites excluding steroid dienone is 4. The van der Waals surface area contributed by atoms with Crippen molar-refractivity contribution in [3.05, 3.63) is 252 Å². The van der Waals surface area contributed by atoms with Gasteiger partial charge in [0.15, 0.2) is 0 Å². The Morgan fingerprint density at radius 1 is 0.464 bits per heavy atom. The minimum atomic E-state index is -0.0819. The molecule has 1 unspecified atom stereocenters. The second-order valence-electron chi connectivity index (χ2n) is 19.6. The van der Waals surface area contributed by atoms with Crippen LogP contribution in [0.1, 0.15) is 75.1 Å². The van der Waals surface area contributed by atoms with Crippen LogP contribution in [0.2, 0.25) is 0 Å². The van der Waals surface area contributed by atoms with Gasteiger partial charge in [0, 0.05) is 38.9 Å². The summed E-state index contributed by atoms with van der Waals surface area (Å²) in [6.07, 6.45) is 7.76. The molecule has 1 heterocycles. The first kappa shape index (κ1) is 42.4. The second-order valence-corrected chi connectivity index (χ2v) is 19.6. The molecule has 0 amide bonds. The normalized spacial score (nSPS) is 14.3. The van der Waals surface area contributed by atoms with E-state index in [0.29, 0.717) is 5.92 Å². The summed E-state index contributed by atoms with van der Waals surface area (Å²) in [4.78, 5) is 2.49. The first-order valence-electron chi connectivity index (χ1n) is 24.8. The molecule has 0 saturated heterocycles. The molecule has 0 bridgehead atoms. The lowest BCUT2D eigenvalue weighted by atomic mass is 9.82. The molecule has 1 aromatic heterocycles. The number of hydrogen-bond acceptors (Lipinski definition) is 1. The molecule has 9 aromatic carbocycles. The Morgan fingerprint density at radius 2 is 0.986 bits per heavy atom. The van der Waals surface area contributed by atoms with Crippen molar-refractivity contribution in [2.75, 3.05) is 4.90 Å². The van der Waals surface area contributed by atoms with Crippen molar-refractivity contribution in [1.82, 2.24) is 4.57 Å². The van der Waals surface area contributed by atoms with Gasteiger partial charge in [-0.05, 0) is 164 Å². The van der Waals surface area contributed by atoms with Gasteiger partial charge >= 0.3 is 0 Å². The quantitative estimate of drug-likeness (QED) is 0.133. The van der Waals surface area contributed by atoms with E-state index in [9.17, 15) is 0 Å². The molecule has 2 aliphatic carbocycles. The number of para-hydroxylation sites is 1. The summed E-state index contributed by atoms with van der Waals surface area (Å²) in [6.45, 7) is 9.30. The van der Waals surface area contributed by atoms with Gasteiger partial charge in [-0.25, -0.2) is 0 Å². The average Bonchev–Trinajstić information content (AvgIpc) is 3.86. The maximum atomic E-state index is 2.49. The highest BCUT2D eigenvalue weighted by Gasteiger charge is 2.36. The van der Waals surface area contributed by atoms with E-state index >= 15 is 0 Å². The van der Waals surface area contributed by atoms with Gasteiger partial charge in [-0.1, -0.05) is 185 Å². The standard InChI is InChI=1S/C67H56N2/c1-5-45(2)46-20-22-51(23-21-46)53-32-40-65-61(42-53)62-43-54(33-41-66(62)69(65)55-16-10-7-11-17-55)52-26-24-48(25-27-52)50-30-36-57(37-31-50)68(56-34-28-49(29-35-56)47-14-8-6-9-15-47)58-38-39-60-59-18-12-13-19-63(59)67(3,4)64(60)44-58/h6-28,30-34,36-45H,5,29,35H2,1-4H3. The Labute approximate surface area is 407 Å². The van der Waals surface area contributed by atoms with Crippen LogP contribution in [0.15, 0.2) is 230 Å².